The summed E-state index contributed by atoms with van der Waals surface area (Å²) in [6, 6.07) is 17.9. The molecule has 0 bridgehead atoms. The van der Waals surface area contributed by atoms with Crippen LogP contribution >= 0.6 is 11.9 Å². The number of nitrogens with zero attached hydrogens (tertiary/aromatic N) is 2. The van der Waals surface area contributed by atoms with Crippen molar-refractivity contribution in [3.8, 4) is 0 Å². The summed E-state index contributed by atoms with van der Waals surface area (Å²) < 4.78 is 5.92. The SMILES string of the molecule is Cn1cc(C(CNSc2ccc3cc[nH]c3c2)N2CCCC2)c2ccccc21. The number of aromatic amines is 1. The largest absolute Gasteiger partial charge is 0.361 e. The van der Waals surface area contributed by atoms with Gasteiger partial charge in [-0.15, -0.1) is 0 Å². The smallest absolute Gasteiger partial charge is 0.0503 e. The number of rotatable bonds is 6. The van der Waals surface area contributed by atoms with Crippen LogP contribution in [0, 0.1) is 0 Å². The summed E-state index contributed by atoms with van der Waals surface area (Å²) in [6.07, 6.45) is 6.93. The zero-order chi connectivity index (χ0) is 18.9. The van der Waals surface area contributed by atoms with E-state index in [0.717, 1.165) is 6.54 Å². The third kappa shape index (κ3) is 3.34. The molecule has 1 fully saturated rings. The minimum atomic E-state index is 0.398. The molecule has 2 aromatic carbocycles. The fourth-order valence-electron chi connectivity index (χ4n) is 4.42. The first-order valence-electron chi connectivity index (χ1n) is 10.0. The van der Waals surface area contributed by atoms with Gasteiger partial charge in [-0.3, -0.25) is 9.62 Å². The molecule has 28 heavy (non-hydrogen) atoms. The van der Waals surface area contributed by atoms with Crippen LogP contribution in [0.15, 0.2) is 65.8 Å². The first kappa shape index (κ1) is 17.9. The quantitative estimate of drug-likeness (QED) is 0.450. The molecule has 0 spiro atoms. The molecular weight excluding hydrogens is 364 g/mol. The van der Waals surface area contributed by atoms with Crippen molar-refractivity contribution in [3.63, 3.8) is 0 Å². The molecule has 1 saturated heterocycles. The Morgan fingerprint density at radius 2 is 1.96 bits per heavy atom. The summed E-state index contributed by atoms with van der Waals surface area (Å²) in [5, 5.41) is 2.64. The Morgan fingerprint density at radius 3 is 2.86 bits per heavy atom. The molecule has 0 saturated carbocycles. The van der Waals surface area contributed by atoms with Gasteiger partial charge in [-0.2, -0.15) is 0 Å². The molecule has 5 rings (SSSR count). The average Bonchev–Trinajstić information content (AvgIpc) is 3.46. The summed E-state index contributed by atoms with van der Waals surface area (Å²) in [4.78, 5) is 7.19. The van der Waals surface area contributed by atoms with Crippen molar-refractivity contribution in [1.29, 1.82) is 0 Å². The van der Waals surface area contributed by atoms with Crippen LogP contribution in [-0.4, -0.2) is 34.1 Å². The summed E-state index contributed by atoms with van der Waals surface area (Å²) >= 11 is 1.73. The van der Waals surface area contributed by atoms with E-state index in [1.807, 2.05) is 6.20 Å². The zero-order valence-electron chi connectivity index (χ0n) is 16.2. The van der Waals surface area contributed by atoms with E-state index in [4.69, 9.17) is 0 Å². The molecule has 4 aromatic rings. The van der Waals surface area contributed by atoms with Crippen molar-refractivity contribution >= 4 is 33.8 Å². The number of hydrogen-bond donors (Lipinski definition) is 2. The van der Waals surface area contributed by atoms with E-state index in [0.29, 0.717) is 6.04 Å². The van der Waals surface area contributed by atoms with Gasteiger partial charge in [0.05, 0.1) is 6.04 Å². The summed E-state index contributed by atoms with van der Waals surface area (Å²) in [5.74, 6) is 0. The van der Waals surface area contributed by atoms with E-state index in [1.165, 1.54) is 58.2 Å². The third-order valence-corrected chi connectivity index (χ3v) is 6.66. The van der Waals surface area contributed by atoms with E-state index < -0.39 is 0 Å². The van der Waals surface area contributed by atoms with Crippen molar-refractivity contribution in [1.82, 2.24) is 19.2 Å². The van der Waals surface area contributed by atoms with Crippen molar-refractivity contribution in [2.75, 3.05) is 19.6 Å². The molecule has 1 atom stereocenters. The van der Waals surface area contributed by atoms with Crippen LogP contribution in [0.1, 0.15) is 24.4 Å². The van der Waals surface area contributed by atoms with Gasteiger partial charge in [0.25, 0.3) is 0 Å². The molecular formula is C23H26N4S. The maximum atomic E-state index is 3.66. The summed E-state index contributed by atoms with van der Waals surface area (Å²) in [5.41, 5.74) is 3.94. The molecule has 144 valence electrons. The summed E-state index contributed by atoms with van der Waals surface area (Å²) in [7, 11) is 2.15. The monoisotopic (exact) mass is 390 g/mol. The van der Waals surface area contributed by atoms with Crippen LogP contribution in [0.4, 0.5) is 0 Å². The summed E-state index contributed by atoms with van der Waals surface area (Å²) in [6.45, 7) is 3.31. The second-order valence-corrected chi connectivity index (χ2v) is 8.61. The molecule has 5 heteroatoms. The standard InChI is InChI=1S/C23H26N4S/c1-26-16-20(19-6-2-3-7-22(19)26)23(27-12-4-5-13-27)15-25-28-18-9-8-17-10-11-24-21(17)14-18/h2-3,6-11,14,16,23-25H,4-5,12-13,15H2,1H3. The molecule has 2 aromatic heterocycles. The fourth-order valence-corrected chi connectivity index (χ4v) is 5.14. The highest BCUT2D eigenvalue weighted by atomic mass is 32.2. The van der Waals surface area contributed by atoms with E-state index in [-0.39, 0.29) is 0 Å². The average molecular weight is 391 g/mol. The van der Waals surface area contributed by atoms with Crippen molar-refractivity contribution in [2.45, 2.75) is 23.8 Å². The number of nitrogens with one attached hydrogen (secondary N) is 2. The van der Waals surface area contributed by atoms with Gasteiger partial charge >= 0.3 is 0 Å². The van der Waals surface area contributed by atoms with Crippen LogP contribution < -0.4 is 4.72 Å². The third-order valence-electron chi connectivity index (χ3n) is 5.86. The van der Waals surface area contributed by atoms with Crippen LogP contribution in [0.5, 0.6) is 0 Å². The highest BCUT2D eigenvalue weighted by Gasteiger charge is 2.26. The van der Waals surface area contributed by atoms with Gasteiger partial charge in [0.15, 0.2) is 0 Å². The number of aromatic nitrogens is 2. The molecule has 0 amide bonds. The van der Waals surface area contributed by atoms with Gasteiger partial charge in [0, 0.05) is 47.3 Å². The highest BCUT2D eigenvalue weighted by molar-refractivity contribution is 7.97. The van der Waals surface area contributed by atoms with Gasteiger partial charge in [0.1, 0.15) is 0 Å². The lowest BCUT2D eigenvalue weighted by atomic mass is 10.0. The predicted molar refractivity (Wildman–Crippen MR) is 119 cm³/mol. The molecule has 4 nitrogen and oxygen atoms in total. The van der Waals surface area contributed by atoms with Crippen molar-refractivity contribution in [3.05, 3.63) is 66.5 Å². The van der Waals surface area contributed by atoms with E-state index in [1.54, 1.807) is 11.9 Å². The normalized spacial score (nSPS) is 16.3. The van der Waals surface area contributed by atoms with Crippen molar-refractivity contribution in [2.24, 2.45) is 7.05 Å². The Morgan fingerprint density at radius 1 is 1.11 bits per heavy atom. The van der Waals surface area contributed by atoms with E-state index >= 15 is 0 Å². The second kappa shape index (κ2) is 7.66. The van der Waals surface area contributed by atoms with Gasteiger partial charge in [-0.1, -0.05) is 24.3 Å². The van der Waals surface area contributed by atoms with Crippen LogP contribution in [-0.2, 0) is 7.05 Å². The maximum Gasteiger partial charge on any atom is 0.0503 e. The minimum Gasteiger partial charge on any atom is -0.361 e. The Labute approximate surface area is 170 Å². The number of benzene rings is 2. The Kier molecular flexibility index (Phi) is 4.89. The number of likely N-dealkylation sites (tertiary alicyclic amines) is 1. The fraction of sp³-hybridized carbons (Fsp3) is 0.304. The topological polar surface area (TPSA) is 36.0 Å². The van der Waals surface area contributed by atoms with Crippen LogP contribution in [0.3, 0.4) is 0 Å². The number of para-hydroxylation sites is 1. The molecule has 1 unspecified atom stereocenters. The van der Waals surface area contributed by atoms with Crippen LogP contribution in [0.25, 0.3) is 21.8 Å². The minimum absolute atomic E-state index is 0.398. The lowest BCUT2D eigenvalue weighted by molar-refractivity contribution is 0.249. The second-order valence-electron chi connectivity index (χ2n) is 7.65. The van der Waals surface area contributed by atoms with Gasteiger partial charge in [0.2, 0.25) is 0 Å². The van der Waals surface area contributed by atoms with Gasteiger partial charge in [-0.25, -0.2) is 0 Å². The maximum absolute atomic E-state index is 3.66. The van der Waals surface area contributed by atoms with E-state index in [2.05, 4.69) is 80.9 Å². The Bertz CT molecular complexity index is 1090. The predicted octanol–water partition coefficient (Wildman–Crippen LogP) is 5.09. The van der Waals surface area contributed by atoms with E-state index in [9.17, 15) is 0 Å². The lowest BCUT2D eigenvalue weighted by Crippen LogP contribution is -2.32. The zero-order valence-corrected chi connectivity index (χ0v) is 17.0. The number of fused-ring (bicyclic) bond motifs is 2. The van der Waals surface area contributed by atoms with Crippen LogP contribution in [0.2, 0.25) is 0 Å². The Balaban J connectivity index is 1.37. The Hall–Kier alpha value is -2.21. The lowest BCUT2D eigenvalue weighted by Gasteiger charge is -2.27. The first-order chi connectivity index (χ1) is 13.8. The highest BCUT2D eigenvalue weighted by Crippen LogP contribution is 2.32. The van der Waals surface area contributed by atoms with Gasteiger partial charge < -0.3 is 9.55 Å². The molecule has 3 heterocycles. The first-order valence-corrected chi connectivity index (χ1v) is 10.9. The number of H-pyrrole nitrogens is 1. The molecule has 0 radical (unpaired) electrons. The molecule has 1 aliphatic rings. The van der Waals surface area contributed by atoms with Gasteiger partial charge in [-0.05, 0) is 73.1 Å². The number of aryl methyl sites for hydroxylation is 1. The number of hydrogen-bond acceptors (Lipinski definition) is 3. The molecule has 1 aliphatic heterocycles. The van der Waals surface area contributed by atoms with Crippen molar-refractivity contribution < 1.29 is 0 Å². The molecule has 0 aliphatic carbocycles. The molecule has 2 N–H and O–H groups in total.